The van der Waals surface area contributed by atoms with Crippen LogP contribution < -0.4 is 20.0 Å². The third-order valence-corrected chi connectivity index (χ3v) is 8.38. The van der Waals surface area contributed by atoms with E-state index in [9.17, 15) is 14.7 Å². The van der Waals surface area contributed by atoms with Crippen LogP contribution in [0.3, 0.4) is 0 Å². The van der Waals surface area contributed by atoms with Gasteiger partial charge >= 0.3 is 5.97 Å². The van der Waals surface area contributed by atoms with Crippen molar-refractivity contribution in [2.24, 2.45) is 0 Å². The minimum Gasteiger partial charge on any atom is -0.480 e. The molecule has 4 aromatic rings. The third kappa shape index (κ3) is 6.24. The zero-order chi connectivity index (χ0) is 30.8. The number of hydrogen-bond donors (Lipinski definition) is 1. The summed E-state index contributed by atoms with van der Waals surface area (Å²) in [5.74, 6) is 0.636. The standard InChI is InChI=1S/C24H27ClN6O3.C6H6ClNO/c1-14-5-4-8-30(14)23-19(25)9-17-21(32)18(24(33)34)13-31(22(17)27-23)15-6-7-20(26-10-15)29-11-16(12-29)28(2)3;1-9-6-5(7)3-2-4-8-6/h6-7,9-10,13-14,16H,4-5,8,11-12H2,1-3H3,(H,33,34);2-4H,1H3. The van der Waals surface area contributed by atoms with E-state index in [1.807, 2.05) is 12.1 Å². The number of hydrogen-bond acceptors (Lipinski definition) is 9. The summed E-state index contributed by atoms with van der Waals surface area (Å²) in [4.78, 5) is 44.5. The molecule has 0 bridgehead atoms. The molecule has 2 saturated heterocycles. The molecule has 0 spiro atoms. The van der Waals surface area contributed by atoms with E-state index in [2.05, 4.69) is 45.7 Å². The van der Waals surface area contributed by atoms with Crippen molar-refractivity contribution >= 4 is 51.8 Å². The fourth-order valence-electron chi connectivity index (χ4n) is 5.21. The number of pyridine rings is 4. The predicted molar refractivity (Wildman–Crippen MR) is 169 cm³/mol. The highest BCUT2D eigenvalue weighted by Crippen LogP contribution is 2.33. The van der Waals surface area contributed by atoms with Crippen LogP contribution >= 0.6 is 23.2 Å². The van der Waals surface area contributed by atoms with Gasteiger partial charge in [0.15, 0.2) is 5.65 Å². The number of rotatable bonds is 6. The van der Waals surface area contributed by atoms with E-state index in [0.29, 0.717) is 39.1 Å². The average Bonchev–Trinajstić information content (AvgIpc) is 3.38. The lowest BCUT2D eigenvalue weighted by Crippen LogP contribution is -2.57. The van der Waals surface area contributed by atoms with Crippen LogP contribution in [0.25, 0.3) is 16.7 Å². The van der Waals surface area contributed by atoms with Gasteiger partial charge in [-0.2, -0.15) is 0 Å². The number of halogens is 2. The summed E-state index contributed by atoms with van der Waals surface area (Å²) >= 11 is 12.2. The van der Waals surface area contributed by atoms with Crippen molar-refractivity contribution < 1.29 is 14.6 Å². The summed E-state index contributed by atoms with van der Waals surface area (Å²) in [7, 11) is 5.67. The van der Waals surface area contributed by atoms with E-state index in [1.54, 1.807) is 35.2 Å². The fraction of sp³-hybridized carbons (Fsp3) is 0.367. The number of carboxylic acids is 1. The van der Waals surface area contributed by atoms with Crippen LogP contribution in [0.1, 0.15) is 30.1 Å². The third-order valence-electron chi connectivity index (χ3n) is 7.81. The molecule has 0 aromatic carbocycles. The molecule has 2 aliphatic heterocycles. The molecule has 43 heavy (non-hydrogen) atoms. The molecule has 1 unspecified atom stereocenters. The van der Waals surface area contributed by atoms with Crippen LogP contribution in [0.5, 0.6) is 5.88 Å². The van der Waals surface area contributed by atoms with Crippen molar-refractivity contribution in [2.45, 2.75) is 31.8 Å². The van der Waals surface area contributed by atoms with E-state index < -0.39 is 11.4 Å². The number of methoxy groups -OCH3 is 1. The molecular weight excluding hydrogens is 593 g/mol. The fourth-order valence-corrected chi connectivity index (χ4v) is 5.67. The van der Waals surface area contributed by atoms with Crippen LogP contribution in [0.15, 0.2) is 53.7 Å². The van der Waals surface area contributed by atoms with Gasteiger partial charge in [-0.05, 0) is 64.2 Å². The lowest BCUT2D eigenvalue weighted by atomic mass is 10.1. The van der Waals surface area contributed by atoms with Crippen LogP contribution in [-0.4, -0.2) is 88.4 Å². The smallest absolute Gasteiger partial charge is 0.341 e. The van der Waals surface area contributed by atoms with Crippen LogP contribution in [0.4, 0.5) is 11.6 Å². The Balaban J connectivity index is 0.000000351. The first-order valence-electron chi connectivity index (χ1n) is 13.9. The van der Waals surface area contributed by atoms with E-state index in [1.165, 1.54) is 13.3 Å². The molecule has 11 nitrogen and oxygen atoms in total. The summed E-state index contributed by atoms with van der Waals surface area (Å²) in [5, 5.41) is 10.7. The SMILES string of the molecule is CC1CCCN1c1nc2c(cc1Cl)c(=O)c(C(=O)O)cn2-c1ccc(N2CC(N(C)C)C2)nc1.COc1ncccc1Cl. The highest BCUT2D eigenvalue weighted by molar-refractivity contribution is 6.33. The summed E-state index contributed by atoms with van der Waals surface area (Å²) in [6.07, 6.45) is 6.72. The van der Waals surface area contributed by atoms with Gasteiger partial charge in [0.25, 0.3) is 0 Å². The number of aromatic carboxylic acids is 1. The molecule has 0 radical (unpaired) electrons. The molecule has 4 aromatic heterocycles. The first-order chi connectivity index (χ1) is 20.6. The molecule has 2 fully saturated rings. The quantitative estimate of drug-likeness (QED) is 0.325. The molecule has 0 aliphatic carbocycles. The maximum absolute atomic E-state index is 12.9. The first kappa shape index (κ1) is 30.5. The van der Waals surface area contributed by atoms with Crippen LogP contribution in [0.2, 0.25) is 10.0 Å². The van der Waals surface area contributed by atoms with Crippen molar-refractivity contribution in [1.82, 2.24) is 24.4 Å². The maximum atomic E-state index is 12.9. The Bertz CT molecular complexity index is 1690. The number of likely N-dealkylation sites (N-methyl/N-ethyl adjacent to an activating group) is 1. The second-order valence-corrected chi connectivity index (χ2v) is 11.6. The van der Waals surface area contributed by atoms with Crippen molar-refractivity contribution in [2.75, 3.05) is 50.6 Å². The molecule has 226 valence electrons. The number of carbonyl (C=O) groups is 1. The molecule has 6 heterocycles. The molecule has 1 atom stereocenters. The van der Waals surface area contributed by atoms with E-state index in [4.69, 9.17) is 32.9 Å². The van der Waals surface area contributed by atoms with Gasteiger partial charge in [0, 0.05) is 44.1 Å². The minimum absolute atomic E-state index is 0.168. The lowest BCUT2D eigenvalue weighted by Gasteiger charge is -2.43. The van der Waals surface area contributed by atoms with Crippen LogP contribution in [0, 0.1) is 0 Å². The van der Waals surface area contributed by atoms with Gasteiger partial charge < -0.3 is 24.5 Å². The largest absolute Gasteiger partial charge is 0.480 e. The average molecular weight is 627 g/mol. The van der Waals surface area contributed by atoms with Crippen molar-refractivity contribution in [1.29, 1.82) is 0 Å². The number of carboxylic acid groups (broad SMARTS) is 1. The van der Waals surface area contributed by atoms with Gasteiger partial charge in [-0.3, -0.25) is 9.36 Å². The number of anilines is 2. The second-order valence-electron chi connectivity index (χ2n) is 10.8. The highest BCUT2D eigenvalue weighted by Gasteiger charge is 2.29. The van der Waals surface area contributed by atoms with E-state index in [0.717, 1.165) is 38.3 Å². The Morgan fingerprint density at radius 3 is 2.47 bits per heavy atom. The van der Waals surface area contributed by atoms with Gasteiger partial charge in [-0.1, -0.05) is 23.2 Å². The first-order valence-corrected chi connectivity index (χ1v) is 14.6. The normalized spacial score (nSPS) is 16.7. The van der Waals surface area contributed by atoms with Crippen molar-refractivity contribution in [3.05, 3.63) is 74.8 Å². The number of ether oxygens (including phenoxy) is 1. The Hall–Kier alpha value is -3.93. The Morgan fingerprint density at radius 2 is 1.91 bits per heavy atom. The maximum Gasteiger partial charge on any atom is 0.341 e. The lowest BCUT2D eigenvalue weighted by molar-refractivity contribution is 0.0695. The topological polar surface area (TPSA) is 117 Å². The molecule has 6 rings (SSSR count). The Kier molecular flexibility index (Phi) is 9.05. The molecule has 0 amide bonds. The molecule has 0 saturated carbocycles. The van der Waals surface area contributed by atoms with E-state index >= 15 is 0 Å². The zero-order valence-electron chi connectivity index (χ0n) is 24.4. The van der Waals surface area contributed by atoms with Crippen molar-refractivity contribution in [3.63, 3.8) is 0 Å². The minimum atomic E-state index is -1.30. The number of nitrogens with zero attached hydrogens (tertiary/aromatic N) is 7. The summed E-state index contributed by atoms with van der Waals surface area (Å²) < 4.78 is 6.42. The summed E-state index contributed by atoms with van der Waals surface area (Å²) in [5.41, 5.74) is 0.0400. The van der Waals surface area contributed by atoms with Crippen molar-refractivity contribution in [3.8, 4) is 11.6 Å². The van der Waals surface area contributed by atoms with Gasteiger partial charge in [0.2, 0.25) is 11.3 Å². The monoisotopic (exact) mass is 625 g/mol. The molecule has 1 N–H and O–H groups in total. The Morgan fingerprint density at radius 1 is 1.14 bits per heavy atom. The zero-order valence-corrected chi connectivity index (χ0v) is 25.9. The van der Waals surface area contributed by atoms with Gasteiger partial charge in [-0.15, -0.1) is 0 Å². The number of aromatic nitrogens is 4. The predicted octanol–water partition coefficient (Wildman–Crippen LogP) is 4.61. The number of fused-ring (bicyclic) bond motifs is 1. The molecule has 13 heteroatoms. The second kappa shape index (κ2) is 12.7. The van der Waals surface area contributed by atoms with Gasteiger partial charge in [-0.25, -0.2) is 19.7 Å². The van der Waals surface area contributed by atoms with Gasteiger partial charge in [0.05, 0.1) is 29.4 Å². The van der Waals surface area contributed by atoms with Crippen LogP contribution in [-0.2, 0) is 0 Å². The Labute approximate surface area is 259 Å². The molecular formula is C30H33Cl2N7O4. The highest BCUT2D eigenvalue weighted by atomic mass is 35.5. The molecule has 2 aliphatic rings. The summed E-state index contributed by atoms with van der Waals surface area (Å²) in [6, 6.07) is 9.59. The summed E-state index contributed by atoms with van der Waals surface area (Å²) in [6.45, 7) is 4.76. The van der Waals surface area contributed by atoms with Gasteiger partial charge in [0.1, 0.15) is 22.2 Å². The van der Waals surface area contributed by atoms with E-state index in [-0.39, 0.29) is 17.0 Å².